The summed E-state index contributed by atoms with van der Waals surface area (Å²) in [5.41, 5.74) is 1.30. The maximum absolute atomic E-state index is 9.40. The average molecular weight is 179 g/mol. The summed E-state index contributed by atoms with van der Waals surface area (Å²) in [6.45, 7) is 4.10. The quantitative estimate of drug-likeness (QED) is 0.668. The minimum absolute atomic E-state index is 0.708. The highest BCUT2D eigenvalue weighted by Crippen LogP contribution is 1.93. The number of carbonyl (C=O) groups excluding carboxylic acids is 1. The number of hydrogen-bond acceptors (Lipinski definition) is 2. The van der Waals surface area contributed by atoms with Gasteiger partial charge in [-0.1, -0.05) is 19.9 Å². The van der Waals surface area contributed by atoms with Crippen LogP contribution in [0.2, 0.25) is 0 Å². The number of unbranched alkanes of at least 4 members (excludes halogenated alkanes) is 1. The van der Waals surface area contributed by atoms with Gasteiger partial charge >= 0.3 is 0 Å². The largest absolute Gasteiger partial charge is 0.303 e. The van der Waals surface area contributed by atoms with Crippen LogP contribution in [0.4, 0.5) is 0 Å². The van der Waals surface area contributed by atoms with Crippen LogP contribution in [0.5, 0.6) is 0 Å². The van der Waals surface area contributed by atoms with Crippen molar-refractivity contribution in [2.75, 3.05) is 0 Å². The zero-order valence-electron chi connectivity index (χ0n) is 8.36. The predicted octanol–water partition coefficient (Wildman–Crippen LogP) is 2.63. The third-order valence-corrected chi connectivity index (χ3v) is 1.54. The van der Waals surface area contributed by atoms with Gasteiger partial charge in [-0.2, -0.15) is 0 Å². The fourth-order valence-corrected chi connectivity index (χ4v) is 0.725. The molecule has 0 spiro atoms. The van der Waals surface area contributed by atoms with Crippen LogP contribution >= 0.6 is 0 Å². The monoisotopic (exact) mass is 179 g/mol. The van der Waals surface area contributed by atoms with E-state index in [0.29, 0.717) is 6.42 Å². The topological polar surface area (TPSA) is 30.0 Å². The van der Waals surface area contributed by atoms with Gasteiger partial charge in [0.2, 0.25) is 0 Å². The molecule has 1 aromatic heterocycles. The van der Waals surface area contributed by atoms with Crippen molar-refractivity contribution in [2.24, 2.45) is 0 Å². The van der Waals surface area contributed by atoms with Gasteiger partial charge in [-0.05, 0) is 24.5 Å². The molecule has 1 rings (SSSR count). The van der Waals surface area contributed by atoms with E-state index in [1.807, 2.05) is 19.2 Å². The molecule has 1 heterocycles. The van der Waals surface area contributed by atoms with Gasteiger partial charge in [0.05, 0.1) is 0 Å². The van der Waals surface area contributed by atoms with Crippen LogP contribution in [-0.2, 0) is 11.2 Å². The van der Waals surface area contributed by atoms with Crippen molar-refractivity contribution < 1.29 is 4.79 Å². The van der Waals surface area contributed by atoms with E-state index < -0.39 is 0 Å². The summed E-state index contributed by atoms with van der Waals surface area (Å²) in [5, 5.41) is 0. The number of aromatic nitrogens is 1. The van der Waals surface area contributed by atoms with Gasteiger partial charge < -0.3 is 4.79 Å². The second-order valence-corrected chi connectivity index (χ2v) is 2.67. The van der Waals surface area contributed by atoms with E-state index in [1.165, 1.54) is 5.56 Å². The first-order chi connectivity index (χ1) is 6.35. The van der Waals surface area contributed by atoms with Gasteiger partial charge in [-0.3, -0.25) is 4.98 Å². The molecule has 0 aromatic carbocycles. The van der Waals surface area contributed by atoms with E-state index in [9.17, 15) is 4.79 Å². The molecule has 0 amide bonds. The molecule has 13 heavy (non-hydrogen) atoms. The van der Waals surface area contributed by atoms with Crippen molar-refractivity contribution in [3.05, 3.63) is 30.1 Å². The van der Waals surface area contributed by atoms with Gasteiger partial charge in [-0.25, -0.2) is 0 Å². The number of rotatable bonds is 3. The minimum Gasteiger partial charge on any atom is -0.303 e. The Balaban J connectivity index is 0.000000252. The zero-order chi connectivity index (χ0) is 9.94. The second kappa shape index (κ2) is 8.91. The molecule has 0 N–H and O–H groups in total. The summed E-state index contributed by atoms with van der Waals surface area (Å²) in [6.07, 6.45) is 7.37. The van der Waals surface area contributed by atoms with Crippen LogP contribution in [0.3, 0.4) is 0 Å². The number of aldehydes is 1. The fourth-order valence-electron chi connectivity index (χ4n) is 0.725. The fraction of sp³-hybridized carbons (Fsp3) is 0.455. The van der Waals surface area contributed by atoms with Gasteiger partial charge in [0.25, 0.3) is 0 Å². The van der Waals surface area contributed by atoms with Crippen LogP contribution in [0.25, 0.3) is 0 Å². The molecule has 1 aromatic rings. The SMILES string of the molecule is CCCC=O.CCc1cccnc1. The van der Waals surface area contributed by atoms with E-state index in [4.69, 9.17) is 0 Å². The molecule has 0 radical (unpaired) electrons. The number of carbonyl (C=O) groups is 1. The van der Waals surface area contributed by atoms with Crippen molar-refractivity contribution in [3.8, 4) is 0 Å². The molecular weight excluding hydrogens is 162 g/mol. The molecule has 0 aliphatic carbocycles. The normalized spacial score (nSPS) is 8.46. The van der Waals surface area contributed by atoms with Crippen molar-refractivity contribution >= 4 is 6.29 Å². The maximum atomic E-state index is 9.40. The Hall–Kier alpha value is -1.18. The van der Waals surface area contributed by atoms with Crippen molar-refractivity contribution in [3.63, 3.8) is 0 Å². The minimum atomic E-state index is 0.708. The van der Waals surface area contributed by atoms with E-state index in [2.05, 4.69) is 18.0 Å². The van der Waals surface area contributed by atoms with E-state index in [0.717, 1.165) is 19.1 Å². The highest BCUT2D eigenvalue weighted by molar-refractivity contribution is 5.48. The highest BCUT2D eigenvalue weighted by Gasteiger charge is 1.81. The lowest BCUT2D eigenvalue weighted by molar-refractivity contribution is -0.107. The number of hydrogen-bond donors (Lipinski definition) is 0. The molecule has 0 aliphatic heterocycles. The Kier molecular flexibility index (Phi) is 8.10. The van der Waals surface area contributed by atoms with E-state index >= 15 is 0 Å². The summed E-state index contributed by atoms with van der Waals surface area (Å²) in [5.74, 6) is 0. The highest BCUT2D eigenvalue weighted by atomic mass is 16.1. The summed E-state index contributed by atoms with van der Waals surface area (Å²) in [7, 11) is 0. The molecule has 0 atom stereocenters. The average Bonchev–Trinajstić information content (AvgIpc) is 2.21. The lowest BCUT2D eigenvalue weighted by atomic mass is 10.2. The Morgan fingerprint density at radius 3 is 2.46 bits per heavy atom. The molecule has 72 valence electrons. The molecule has 0 fully saturated rings. The lowest BCUT2D eigenvalue weighted by Gasteiger charge is -1.88. The summed E-state index contributed by atoms with van der Waals surface area (Å²) in [6, 6.07) is 4.03. The summed E-state index contributed by atoms with van der Waals surface area (Å²) < 4.78 is 0. The van der Waals surface area contributed by atoms with Crippen LogP contribution in [0.15, 0.2) is 24.5 Å². The Morgan fingerprint density at radius 2 is 2.23 bits per heavy atom. The third-order valence-electron chi connectivity index (χ3n) is 1.54. The first kappa shape index (κ1) is 11.8. The zero-order valence-corrected chi connectivity index (χ0v) is 8.36. The number of aryl methyl sites for hydroxylation is 1. The number of pyridine rings is 1. The third kappa shape index (κ3) is 7.19. The summed E-state index contributed by atoms with van der Waals surface area (Å²) >= 11 is 0. The lowest BCUT2D eigenvalue weighted by Crippen LogP contribution is -1.77. The molecule has 0 aliphatic rings. The van der Waals surface area contributed by atoms with Crippen LogP contribution in [0, 0.1) is 0 Å². The Labute approximate surface area is 80.0 Å². The van der Waals surface area contributed by atoms with Crippen molar-refractivity contribution in [1.29, 1.82) is 0 Å². The van der Waals surface area contributed by atoms with Gasteiger partial charge in [0.15, 0.2) is 0 Å². The van der Waals surface area contributed by atoms with Gasteiger partial charge in [-0.15, -0.1) is 0 Å². The summed E-state index contributed by atoms with van der Waals surface area (Å²) in [4.78, 5) is 13.4. The Morgan fingerprint density at radius 1 is 1.46 bits per heavy atom. The van der Waals surface area contributed by atoms with Gasteiger partial charge in [0, 0.05) is 18.8 Å². The first-order valence-electron chi connectivity index (χ1n) is 4.67. The second-order valence-electron chi connectivity index (χ2n) is 2.67. The van der Waals surface area contributed by atoms with Crippen LogP contribution < -0.4 is 0 Å². The molecule has 0 unspecified atom stereocenters. The maximum Gasteiger partial charge on any atom is 0.119 e. The standard InChI is InChI=1S/C7H9N.C4H8O/c1-2-7-4-3-5-8-6-7;1-2-3-4-5/h3-6H,2H2,1H3;4H,2-3H2,1H3. The molecule has 0 saturated heterocycles. The molecule has 0 saturated carbocycles. The van der Waals surface area contributed by atoms with Crippen molar-refractivity contribution in [1.82, 2.24) is 4.98 Å². The van der Waals surface area contributed by atoms with Crippen molar-refractivity contribution in [2.45, 2.75) is 33.1 Å². The van der Waals surface area contributed by atoms with Gasteiger partial charge in [0.1, 0.15) is 6.29 Å². The number of nitrogens with zero attached hydrogens (tertiary/aromatic N) is 1. The molecular formula is C11H17NO. The molecule has 2 heteroatoms. The molecule has 2 nitrogen and oxygen atoms in total. The smallest absolute Gasteiger partial charge is 0.119 e. The predicted molar refractivity (Wildman–Crippen MR) is 54.6 cm³/mol. The van der Waals surface area contributed by atoms with E-state index in [1.54, 1.807) is 6.20 Å². The van der Waals surface area contributed by atoms with Crippen LogP contribution in [-0.4, -0.2) is 11.3 Å². The van der Waals surface area contributed by atoms with E-state index in [-0.39, 0.29) is 0 Å². The molecule has 0 bridgehead atoms. The first-order valence-corrected chi connectivity index (χ1v) is 4.67. The Bertz CT molecular complexity index is 209. The van der Waals surface area contributed by atoms with Crippen LogP contribution in [0.1, 0.15) is 32.3 Å².